The third-order valence-corrected chi connectivity index (χ3v) is 4.87. The van der Waals surface area contributed by atoms with Crippen LogP contribution >= 0.6 is 0 Å². The zero-order valence-electron chi connectivity index (χ0n) is 14.3. The van der Waals surface area contributed by atoms with Crippen LogP contribution in [0.4, 0.5) is 5.69 Å². The van der Waals surface area contributed by atoms with Crippen molar-refractivity contribution in [1.29, 1.82) is 0 Å². The van der Waals surface area contributed by atoms with Gasteiger partial charge in [-0.25, -0.2) is 0 Å². The maximum absolute atomic E-state index is 3.83. The molecule has 0 heterocycles. The molecule has 1 fully saturated rings. The highest BCUT2D eigenvalue weighted by atomic mass is 15.1. The lowest BCUT2D eigenvalue weighted by molar-refractivity contribution is 0.229. The summed E-state index contributed by atoms with van der Waals surface area (Å²) in [6, 6.07) is 9.47. The zero-order valence-corrected chi connectivity index (χ0v) is 14.3. The van der Waals surface area contributed by atoms with E-state index in [1.54, 1.807) is 0 Å². The first kappa shape index (κ1) is 16.4. The van der Waals surface area contributed by atoms with E-state index in [9.17, 15) is 0 Å². The van der Waals surface area contributed by atoms with Gasteiger partial charge < -0.3 is 5.32 Å². The van der Waals surface area contributed by atoms with Crippen LogP contribution in [0.15, 0.2) is 24.3 Å². The van der Waals surface area contributed by atoms with Crippen molar-refractivity contribution in [3.8, 4) is 0 Å². The molecule has 0 aliphatic heterocycles. The minimum atomic E-state index is 0.490. The highest BCUT2D eigenvalue weighted by Crippen LogP contribution is 2.36. The summed E-state index contributed by atoms with van der Waals surface area (Å²) in [5, 5.41) is 3.83. The molecule has 118 valence electrons. The van der Waals surface area contributed by atoms with E-state index < -0.39 is 0 Å². The maximum atomic E-state index is 3.83. The molecule has 2 rings (SSSR count). The first-order valence-electron chi connectivity index (χ1n) is 8.61. The van der Waals surface area contributed by atoms with Crippen LogP contribution in [0.5, 0.6) is 0 Å². The van der Waals surface area contributed by atoms with Gasteiger partial charge in [-0.2, -0.15) is 0 Å². The fourth-order valence-corrected chi connectivity index (χ4v) is 3.53. The van der Waals surface area contributed by atoms with Gasteiger partial charge in [0, 0.05) is 18.3 Å². The maximum Gasteiger partial charge on any atom is 0.0388 e. The summed E-state index contributed by atoms with van der Waals surface area (Å²) in [4.78, 5) is 2.48. The summed E-state index contributed by atoms with van der Waals surface area (Å²) in [6.45, 7) is 12.6. The van der Waals surface area contributed by atoms with E-state index in [0.717, 1.165) is 19.6 Å². The number of nitrogens with one attached hydrogen (secondary N) is 1. The van der Waals surface area contributed by atoms with E-state index in [0.29, 0.717) is 11.5 Å². The summed E-state index contributed by atoms with van der Waals surface area (Å²) in [7, 11) is 0. The summed E-state index contributed by atoms with van der Waals surface area (Å²) in [6.07, 6.45) is 5.31. The Balaban J connectivity index is 2.06. The highest BCUT2D eigenvalue weighted by molar-refractivity contribution is 5.51. The van der Waals surface area contributed by atoms with E-state index >= 15 is 0 Å². The van der Waals surface area contributed by atoms with E-state index in [1.807, 2.05) is 0 Å². The standard InChI is InChI=1S/C19H32N2/c1-5-21(6-2)15-16-10-7-8-12-18(16)20-17-11-9-13-19(3,4)14-17/h7-8,10,12,17,20H,5-6,9,11,13-15H2,1-4H3. The average Bonchev–Trinajstić information content (AvgIpc) is 2.45. The molecule has 1 aliphatic rings. The Morgan fingerprint density at radius 3 is 2.57 bits per heavy atom. The molecular formula is C19H32N2. The van der Waals surface area contributed by atoms with Gasteiger partial charge in [-0.3, -0.25) is 4.90 Å². The van der Waals surface area contributed by atoms with Crippen LogP contribution in [0.2, 0.25) is 0 Å². The van der Waals surface area contributed by atoms with Crippen LogP contribution in [0.1, 0.15) is 58.9 Å². The third-order valence-electron chi connectivity index (χ3n) is 4.87. The topological polar surface area (TPSA) is 15.3 Å². The van der Waals surface area contributed by atoms with Gasteiger partial charge in [0.2, 0.25) is 0 Å². The first-order chi connectivity index (χ1) is 10.0. The molecule has 1 atom stereocenters. The lowest BCUT2D eigenvalue weighted by Gasteiger charge is -2.36. The van der Waals surface area contributed by atoms with Crippen molar-refractivity contribution < 1.29 is 0 Å². The second-order valence-corrected chi connectivity index (χ2v) is 7.22. The Morgan fingerprint density at radius 2 is 1.90 bits per heavy atom. The van der Waals surface area contributed by atoms with Gasteiger partial charge in [0.05, 0.1) is 0 Å². The molecule has 1 unspecified atom stereocenters. The fraction of sp³-hybridized carbons (Fsp3) is 0.684. The van der Waals surface area contributed by atoms with Gasteiger partial charge in [0.1, 0.15) is 0 Å². The molecule has 2 heteroatoms. The van der Waals surface area contributed by atoms with Gasteiger partial charge in [-0.1, -0.05) is 52.3 Å². The second-order valence-electron chi connectivity index (χ2n) is 7.22. The Morgan fingerprint density at radius 1 is 1.19 bits per heavy atom. The molecule has 2 nitrogen and oxygen atoms in total. The third kappa shape index (κ3) is 4.74. The molecule has 1 aliphatic carbocycles. The molecule has 0 aromatic heterocycles. The summed E-state index contributed by atoms with van der Waals surface area (Å²) < 4.78 is 0. The molecule has 0 bridgehead atoms. The molecule has 1 saturated carbocycles. The Hall–Kier alpha value is -1.02. The normalized spacial score (nSPS) is 21.5. The van der Waals surface area contributed by atoms with Crippen molar-refractivity contribution in [2.24, 2.45) is 5.41 Å². The van der Waals surface area contributed by atoms with Crippen LogP contribution < -0.4 is 5.32 Å². The minimum absolute atomic E-state index is 0.490. The van der Waals surface area contributed by atoms with Crippen molar-refractivity contribution in [1.82, 2.24) is 4.90 Å². The number of rotatable bonds is 6. The van der Waals surface area contributed by atoms with Gasteiger partial charge in [-0.15, -0.1) is 0 Å². The van der Waals surface area contributed by atoms with Crippen molar-refractivity contribution >= 4 is 5.69 Å². The SMILES string of the molecule is CCN(CC)Cc1ccccc1NC1CCCC(C)(C)C1. The molecule has 0 spiro atoms. The van der Waals surface area contributed by atoms with Crippen molar-refractivity contribution in [3.05, 3.63) is 29.8 Å². The molecule has 1 N–H and O–H groups in total. The molecule has 21 heavy (non-hydrogen) atoms. The van der Waals surface area contributed by atoms with E-state index in [-0.39, 0.29) is 0 Å². The average molecular weight is 288 g/mol. The summed E-state index contributed by atoms with van der Waals surface area (Å²) in [5.74, 6) is 0. The molecule has 1 aromatic rings. The van der Waals surface area contributed by atoms with Crippen LogP contribution in [0, 0.1) is 5.41 Å². The molecular weight excluding hydrogens is 256 g/mol. The zero-order chi connectivity index (χ0) is 15.3. The predicted molar refractivity (Wildman–Crippen MR) is 92.7 cm³/mol. The van der Waals surface area contributed by atoms with Gasteiger partial charge >= 0.3 is 0 Å². The van der Waals surface area contributed by atoms with Gasteiger partial charge in [-0.05, 0) is 49.4 Å². The van der Waals surface area contributed by atoms with E-state index in [2.05, 4.69) is 62.2 Å². The lowest BCUT2D eigenvalue weighted by atomic mass is 9.75. The van der Waals surface area contributed by atoms with E-state index in [4.69, 9.17) is 0 Å². The number of nitrogens with zero attached hydrogens (tertiary/aromatic N) is 1. The minimum Gasteiger partial charge on any atom is -0.382 e. The first-order valence-corrected chi connectivity index (χ1v) is 8.61. The molecule has 0 radical (unpaired) electrons. The van der Waals surface area contributed by atoms with Crippen LogP contribution in [-0.2, 0) is 6.54 Å². The fourth-order valence-electron chi connectivity index (χ4n) is 3.53. The Kier molecular flexibility index (Phi) is 5.69. The van der Waals surface area contributed by atoms with Crippen LogP contribution in [0.25, 0.3) is 0 Å². The smallest absolute Gasteiger partial charge is 0.0388 e. The van der Waals surface area contributed by atoms with E-state index in [1.165, 1.54) is 36.9 Å². The molecule has 0 amide bonds. The summed E-state index contributed by atoms with van der Waals surface area (Å²) in [5.41, 5.74) is 3.26. The predicted octanol–water partition coefficient (Wildman–Crippen LogP) is 4.91. The van der Waals surface area contributed by atoms with Crippen LogP contribution in [-0.4, -0.2) is 24.0 Å². The number of benzene rings is 1. The number of anilines is 1. The largest absolute Gasteiger partial charge is 0.382 e. The highest BCUT2D eigenvalue weighted by Gasteiger charge is 2.28. The van der Waals surface area contributed by atoms with Gasteiger partial charge in [0.15, 0.2) is 0 Å². The molecule has 0 saturated heterocycles. The second kappa shape index (κ2) is 7.31. The van der Waals surface area contributed by atoms with Crippen molar-refractivity contribution in [2.45, 2.75) is 66.0 Å². The van der Waals surface area contributed by atoms with Crippen molar-refractivity contribution in [2.75, 3.05) is 18.4 Å². The Bertz CT molecular complexity index is 435. The Labute approximate surface area is 130 Å². The quantitative estimate of drug-likeness (QED) is 0.800. The number of para-hydroxylation sites is 1. The lowest BCUT2D eigenvalue weighted by Crippen LogP contribution is -2.32. The monoisotopic (exact) mass is 288 g/mol. The van der Waals surface area contributed by atoms with Gasteiger partial charge in [0.25, 0.3) is 0 Å². The number of hydrogen-bond donors (Lipinski definition) is 1. The number of hydrogen-bond acceptors (Lipinski definition) is 2. The van der Waals surface area contributed by atoms with Crippen LogP contribution in [0.3, 0.4) is 0 Å². The molecule has 1 aromatic carbocycles. The summed E-state index contributed by atoms with van der Waals surface area (Å²) >= 11 is 0. The van der Waals surface area contributed by atoms with Crippen molar-refractivity contribution in [3.63, 3.8) is 0 Å².